The molecule has 7 aromatic rings. The molecule has 0 aliphatic carbocycles. The summed E-state index contributed by atoms with van der Waals surface area (Å²) in [5, 5.41) is 8.47. The Morgan fingerprint density at radius 2 is 0.744 bits per heavy atom. The van der Waals surface area contributed by atoms with Gasteiger partial charge in [0.2, 0.25) is 0 Å². The van der Waals surface area contributed by atoms with Crippen LogP contribution in [0.3, 0.4) is 0 Å². The van der Waals surface area contributed by atoms with Gasteiger partial charge < -0.3 is 10.2 Å². The second-order valence-electron chi connectivity index (χ2n) is 11.1. The average molecular weight is 557 g/mol. The Balaban J connectivity index is 0.000000162. The molecular formula is C41H36N2. The molecule has 0 aliphatic heterocycles. The molecule has 0 saturated heterocycles. The van der Waals surface area contributed by atoms with Crippen LogP contribution in [0.25, 0.3) is 21.5 Å². The Bertz CT molecular complexity index is 1910. The molecule has 0 atom stereocenters. The van der Waals surface area contributed by atoms with E-state index in [-0.39, 0.29) is 0 Å². The fourth-order valence-corrected chi connectivity index (χ4v) is 5.22. The van der Waals surface area contributed by atoms with Crippen LogP contribution in [0.5, 0.6) is 0 Å². The Kier molecular flexibility index (Phi) is 8.19. The maximum absolute atomic E-state index is 3.42. The number of aryl methyl sites for hydroxylation is 3. The number of rotatable bonds is 5. The zero-order chi connectivity index (χ0) is 29.6. The first-order chi connectivity index (χ1) is 21.0. The topological polar surface area (TPSA) is 15.3 Å². The molecule has 2 nitrogen and oxygen atoms in total. The second-order valence-corrected chi connectivity index (χ2v) is 11.1. The maximum atomic E-state index is 3.42. The second kappa shape index (κ2) is 12.7. The van der Waals surface area contributed by atoms with Gasteiger partial charge in [-0.25, -0.2) is 0 Å². The van der Waals surface area contributed by atoms with Crippen LogP contribution in [-0.4, -0.2) is 0 Å². The minimum atomic E-state index is 1.12. The van der Waals surface area contributed by atoms with E-state index in [1.54, 1.807) is 0 Å². The van der Waals surface area contributed by atoms with Gasteiger partial charge in [-0.1, -0.05) is 114 Å². The first-order valence-corrected chi connectivity index (χ1v) is 14.8. The van der Waals surface area contributed by atoms with Crippen molar-refractivity contribution in [3.8, 4) is 0 Å². The van der Waals surface area contributed by atoms with Gasteiger partial charge in [0, 0.05) is 28.4 Å². The van der Waals surface area contributed by atoms with Crippen molar-refractivity contribution in [2.45, 2.75) is 20.8 Å². The standard InChI is InChI=1S/C24H21N.C17H15N/c1-18-7-12-22(13-8-18)25(23-14-9-19(2)10-15-23)24-16-11-20-5-3-4-6-21(20)17-24;1-13-6-9-16(10-7-13)18-17-11-8-14-4-2-3-5-15(14)12-17/h3-17H,1-2H3;2-12,18H,1H3. The normalized spacial score (nSPS) is 10.7. The molecule has 0 bridgehead atoms. The highest BCUT2D eigenvalue weighted by atomic mass is 15.1. The molecule has 0 heterocycles. The van der Waals surface area contributed by atoms with E-state index >= 15 is 0 Å². The third-order valence-corrected chi connectivity index (χ3v) is 7.67. The van der Waals surface area contributed by atoms with Gasteiger partial charge in [-0.3, -0.25) is 0 Å². The molecule has 0 radical (unpaired) electrons. The predicted octanol–water partition coefficient (Wildman–Crippen LogP) is 11.8. The number of nitrogens with one attached hydrogen (secondary N) is 1. The summed E-state index contributed by atoms with van der Waals surface area (Å²) in [7, 11) is 0. The van der Waals surface area contributed by atoms with Crippen molar-refractivity contribution in [1.82, 2.24) is 0 Å². The molecule has 0 aromatic heterocycles. The first-order valence-electron chi connectivity index (χ1n) is 14.8. The van der Waals surface area contributed by atoms with Crippen LogP contribution in [0.4, 0.5) is 28.4 Å². The molecular weight excluding hydrogens is 520 g/mol. The van der Waals surface area contributed by atoms with E-state index in [9.17, 15) is 0 Å². The molecule has 0 unspecified atom stereocenters. The van der Waals surface area contributed by atoms with Gasteiger partial charge in [-0.05, 0) is 103 Å². The fraction of sp³-hybridized carbons (Fsp3) is 0.0732. The van der Waals surface area contributed by atoms with Crippen molar-refractivity contribution in [2.24, 2.45) is 0 Å². The quantitative estimate of drug-likeness (QED) is 0.227. The van der Waals surface area contributed by atoms with Crippen LogP contribution in [0.2, 0.25) is 0 Å². The number of benzene rings is 7. The van der Waals surface area contributed by atoms with Crippen LogP contribution in [0.15, 0.2) is 158 Å². The van der Waals surface area contributed by atoms with Crippen LogP contribution in [0, 0.1) is 20.8 Å². The van der Waals surface area contributed by atoms with Crippen LogP contribution < -0.4 is 10.2 Å². The van der Waals surface area contributed by atoms with Crippen molar-refractivity contribution in [2.75, 3.05) is 10.2 Å². The lowest BCUT2D eigenvalue weighted by atomic mass is 10.1. The molecule has 0 amide bonds. The van der Waals surface area contributed by atoms with E-state index < -0.39 is 0 Å². The summed E-state index contributed by atoms with van der Waals surface area (Å²) in [6.45, 7) is 6.34. The lowest BCUT2D eigenvalue weighted by Gasteiger charge is -2.26. The summed E-state index contributed by atoms with van der Waals surface area (Å²) in [5.41, 5.74) is 9.57. The molecule has 210 valence electrons. The number of hydrogen-bond donors (Lipinski definition) is 1. The Hall–Kier alpha value is -5.34. The molecule has 1 N–H and O–H groups in total. The minimum Gasteiger partial charge on any atom is -0.356 e. The van der Waals surface area contributed by atoms with Gasteiger partial charge in [0.25, 0.3) is 0 Å². The van der Waals surface area contributed by atoms with Gasteiger partial charge in [0.15, 0.2) is 0 Å². The molecule has 0 spiro atoms. The monoisotopic (exact) mass is 556 g/mol. The third-order valence-electron chi connectivity index (χ3n) is 7.67. The van der Waals surface area contributed by atoms with E-state index in [2.05, 4.69) is 189 Å². The van der Waals surface area contributed by atoms with E-state index in [1.807, 2.05) is 0 Å². The van der Waals surface area contributed by atoms with Crippen LogP contribution in [-0.2, 0) is 0 Å². The SMILES string of the molecule is Cc1ccc(N(c2ccc(C)cc2)c2ccc3ccccc3c2)cc1.Cc1ccc(Nc2ccc3ccccc3c2)cc1. The van der Waals surface area contributed by atoms with Gasteiger partial charge in [-0.2, -0.15) is 0 Å². The molecule has 43 heavy (non-hydrogen) atoms. The van der Waals surface area contributed by atoms with E-state index in [4.69, 9.17) is 0 Å². The summed E-state index contributed by atoms with van der Waals surface area (Å²) in [5.74, 6) is 0. The van der Waals surface area contributed by atoms with Crippen molar-refractivity contribution in [3.63, 3.8) is 0 Å². The van der Waals surface area contributed by atoms with Gasteiger partial charge in [-0.15, -0.1) is 0 Å². The highest BCUT2D eigenvalue weighted by Crippen LogP contribution is 2.36. The van der Waals surface area contributed by atoms with Gasteiger partial charge in [0.05, 0.1) is 0 Å². The maximum Gasteiger partial charge on any atom is 0.0468 e. The lowest BCUT2D eigenvalue weighted by Crippen LogP contribution is -2.09. The fourth-order valence-electron chi connectivity index (χ4n) is 5.22. The smallest absolute Gasteiger partial charge is 0.0468 e. The zero-order valence-corrected chi connectivity index (χ0v) is 25.0. The number of fused-ring (bicyclic) bond motifs is 2. The minimum absolute atomic E-state index is 1.12. The van der Waals surface area contributed by atoms with E-state index in [0.717, 1.165) is 11.4 Å². The largest absolute Gasteiger partial charge is 0.356 e. The summed E-state index contributed by atoms with van der Waals surface area (Å²) >= 11 is 0. The summed E-state index contributed by atoms with van der Waals surface area (Å²) in [4.78, 5) is 2.31. The Morgan fingerprint density at radius 1 is 0.349 bits per heavy atom. The molecule has 7 rings (SSSR count). The van der Waals surface area contributed by atoms with Gasteiger partial charge in [0.1, 0.15) is 0 Å². The molecule has 7 aromatic carbocycles. The highest BCUT2D eigenvalue weighted by molar-refractivity contribution is 5.89. The molecule has 0 fully saturated rings. The summed E-state index contributed by atoms with van der Waals surface area (Å²) in [6.07, 6.45) is 0. The lowest BCUT2D eigenvalue weighted by molar-refractivity contribution is 1.27. The number of hydrogen-bond acceptors (Lipinski definition) is 2. The van der Waals surface area contributed by atoms with E-state index in [0.29, 0.717) is 0 Å². The molecule has 0 saturated carbocycles. The zero-order valence-electron chi connectivity index (χ0n) is 25.0. The highest BCUT2D eigenvalue weighted by Gasteiger charge is 2.12. The summed E-state index contributed by atoms with van der Waals surface area (Å²) < 4.78 is 0. The predicted molar refractivity (Wildman–Crippen MR) is 187 cm³/mol. The van der Waals surface area contributed by atoms with Crippen LogP contribution >= 0.6 is 0 Å². The average Bonchev–Trinajstić information content (AvgIpc) is 3.04. The number of anilines is 5. The van der Waals surface area contributed by atoms with Crippen molar-refractivity contribution in [3.05, 3.63) is 174 Å². The number of nitrogens with zero attached hydrogens (tertiary/aromatic N) is 1. The molecule has 0 aliphatic rings. The van der Waals surface area contributed by atoms with Crippen molar-refractivity contribution in [1.29, 1.82) is 0 Å². The summed E-state index contributed by atoms with van der Waals surface area (Å²) in [6, 6.07) is 55.8. The Labute approximate surface area is 254 Å². The third kappa shape index (κ3) is 6.77. The van der Waals surface area contributed by atoms with E-state index in [1.165, 1.54) is 55.3 Å². The van der Waals surface area contributed by atoms with Gasteiger partial charge >= 0.3 is 0 Å². The van der Waals surface area contributed by atoms with Crippen molar-refractivity contribution < 1.29 is 0 Å². The first kappa shape index (κ1) is 27.8. The van der Waals surface area contributed by atoms with Crippen molar-refractivity contribution >= 4 is 50.0 Å². The van der Waals surface area contributed by atoms with Crippen LogP contribution in [0.1, 0.15) is 16.7 Å². The Morgan fingerprint density at radius 3 is 1.28 bits per heavy atom. The molecule has 2 heteroatoms.